The molecule has 0 heterocycles. The summed E-state index contributed by atoms with van der Waals surface area (Å²) in [4.78, 5) is 11.6. The smallest absolute Gasteiger partial charge is 0.325 e. The molecule has 0 amide bonds. The van der Waals surface area contributed by atoms with Crippen molar-refractivity contribution >= 4 is 5.97 Å². The lowest BCUT2D eigenvalue weighted by molar-refractivity contribution is -0.140. The summed E-state index contributed by atoms with van der Waals surface area (Å²) in [6.45, 7) is 2.07. The van der Waals surface area contributed by atoms with Crippen molar-refractivity contribution in [3.05, 3.63) is 35.4 Å². The average molecular weight is 261 g/mol. The number of aryl methyl sites for hydroxylation is 1. The van der Waals surface area contributed by atoms with Gasteiger partial charge in [-0.1, -0.05) is 50.5 Å². The largest absolute Gasteiger partial charge is 0.480 e. The van der Waals surface area contributed by atoms with Gasteiger partial charge in [-0.2, -0.15) is 0 Å². The molecule has 0 bridgehead atoms. The molecular formula is C16H23NO2. The molecule has 1 aliphatic carbocycles. The van der Waals surface area contributed by atoms with E-state index < -0.39 is 12.0 Å². The van der Waals surface area contributed by atoms with Crippen LogP contribution in [0.2, 0.25) is 0 Å². The number of hydrogen-bond acceptors (Lipinski definition) is 2. The number of carboxylic acid groups (broad SMARTS) is 1. The molecule has 1 unspecified atom stereocenters. The van der Waals surface area contributed by atoms with E-state index in [1.54, 1.807) is 0 Å². The zero-order chi connectivity index (χ0) is 13.7. The number of carbonyl (C=O) groups is 1. The summed E-state index contributed by atoms with van der Waals surface area (Å²) in [5, 5.41) is 12.9. The van der Waals surface area contributed by atoms with E-state index in [1.807, 2.05) is 24.3 Å². The van der Waals surface area contributed by atoms with Gasteiger partial charge in [0.1, 0.15) is 6.04 Å². The molecule has 0 aromatic heterocycles. The minimum atomic E-state index is -0.772. The molecule has 104 valence electrons. The van der Waals surface area contributed by atoms with Crippen molar-refractivity contribution in [1.29, 1.82) is 0 Å². The second kappa shape index (κ2) is 6.71. The summed E-state index contributed by atoms with van der Waals surface area (Å²) >= 11 is 0. The Morgan fingerprint density at radius 2 is 2.00 bits per heavy atom. The van der Waals surface area contributed by atoms with E-state index in [9.17, 15) is 9.90 Å². The van der Waals surface area contributed by atoms with Gasteiger partial charge >= 0.3 is 5.97 Å². The Morgan fingerprint density at radius 3 is 2.63 bits per heavy atom. The predicted octanol–water partition coefficient (Wildman–Crippen LogP) is 3.30. The molecule has 0 radical (unpaired) electrons. The molecule has 2 N–H and O–H groups in total. The number of aliphatic carboxylic acids is 1. The summed E-state index contributed by atoms with van der Waals surface area (Å²) in [7, 11) is 0. The highest BCUT2D eigenvalue weighted by atomic mass is 16.4. The van der Waals surface area contributed by atoms with Gasteiger partial charge in [0, 0.05) is 6.04 Å². The van der Waals surface area contributed by atoms with Gasteiger partial charge in [-0.15, -0.1) is 0 Å². The Labute approximate surface area is 115 Å². The molecule has 1 atom stereocenters. The summed E-state index contributed by atoms with van der Waals surface area (Å²) in [5.74, 6) is -0.772. The van der Waals surface area contributed by atoms with Gasteiger partial charge in [-0.3, -0.25) is 10.1 Å². The third-order valence-corrected chi connectivity index (χ3v) is 4.00. The highest BCUT2D eigenvalue weighted by Crippen LogP contribution is 2.24. The average Bonchev–Trinajstić information content (AvgIpc) is 2.45. The third-order valence-electron chi connectivity index (χ3n) is 4.00. The zero-order valence-electron chi connectivity index (χ0n) is 11.6. The Hall–Kier alpha value is -1.35. The maximum Gasteiger partial charge on any atom is 0.325 e. The van der Waals surface area contributed by atoms with Gasteiger partial charge in [0.2, 0.25) is 0 Å². The maximum absolute atomic E-state index is 11.6. The summed E-state index contributed by atoms with van der Waals surface area (Å²) < 4.78 is 0. The van der Waals surface area contributed by atoms with Crippen molar-refractivity contribution in [2.45, 2.75) is 57.5 Å². The first-order chi connectivity index (χ1) is 9.22. The molecule has 3 nitrogen and oxygen atoms in total. The molecule has 2 rings (SSSR count). The fourth-order valence-electron chi connectivity index (χ4n) is 2.94. The molecule has 3 heteroatoms. The lowest BCUT2D eigenvalue weighted by Crippen LogP contribution is -2.38. The van der Waals surface area contributed by atoms with Crippen molar-refractivity contribution in [3.8, 4) is 0 Å². The van der Waals surface area contributed by atoms with Crippen LogP contribution in [0.25, 0.3) is 0 Å². The number of rotatable bonds is 5. The molecule has 1 saturated carbocycles. The fraction of sp³-hybridized carbons (Fsp3) is 0.562. The van der Waals surface area contributed by atoms with Gasteiger partial charge in [0.25, 0.3) is 0 Å². The van der Waals surface area contributed by atoms with Crippen LogP contribution in [0.3, 0.4) is 0 Å². The number of carboxylic acids is 1. The second-order valence-electron chi connectivity index (χ2n) is 5.33. The first-order valence-electron chi connectivity index (χ1n) is 7.29. The van der Waals surface area contributed by atoms with Crippen LogP contribution in [0.5, 0.6) is 0 Å². The normalized spacial score (nSPS) is 18.2. The summed E-state index contributed by atoms with van der Waals surface area (Å²) in [6.07, 6.45) is 6.75. The molecule has 0 spiro atoms. The Morgan fingerprint density at radius 1 is 1.32 bits per heavy atom. The molecule has 1 aromatic carbocycles. The third kappa shape index (κ3) is 3.57. The monoisotopic (exact) mass is 261 g/mol. The van der Waals surface area contributed by atoms with Gasteiger partial charge < -0.3 is 5.11 Å². The van der Waals surface area contributed by atoms with Crippen molar-refractivity contribution in [3.63, 3.8) is 0 Å². The van der Waals surface area contributed by atoms with Gasteiger partial charge in [-0.05, 0) is 30.4 Å². The van der Waals surface area contributed by atoms with E-state index in [4.69, 9.17) is 0 Å². The van der Waals surface area contributed by atoms with Crippen LogP contribution in [0.15, 0.2) is 24.3 Å². The maximum atomic E-state index is 11.6. The summed E-state index contributed by atoms with van der Waals surface area (Å²) in [6, 6.07) is 7.63. The number of hydrogen-bond donors (Lipinski definition) is 2. The molecule has 19 heavy (non-hydrogen) atoms. The summed E-state index contributed by atoms with van der Waals surface area (Å²) in [5.41, 5.74) is 2.04. The highest BCUT2D eigenvalue weighted by molar-refractivity contribution is 5.76. The van der Waals surface area contributed by atoms with E-state index in [-0.39, 0.29) is 0 Å². The Kier molecular flexibility index (Phi) is 4.97. The van der Waals surface area contributed by atoms with Gasteiger partial charge in [0.05, 0.1) is 0 Å². The second-order valence-corrected chi connectivity index (χ2v) is 5.33. The molecule has 0 aliphatic heterocycles. The Bertz CT molecular complexity index is 425. The van der Waals surface area contributed by atoms with Crippen LogP contribution in [0.1, 0.15) is 56.2 Å². The Balaban J connectivity index is 2.17. The van der Waals surface area contributed by atoms with E-state index in [0.717, 1.165) is 30.4 Å². The van der Waals surface area contributed by atoms with Crippen LogP contribution < -0.4 is 5.32 Å². The minimum absolute atomic E-state index is 0.347. The molecule has 1 aliphatic rings. The highest BCUT2D eigenvalue weighted by Gasteiger charge is 2.25. The van der Waals surface area contributed by atoms with Crippen LogP contribution >= 0.6 is 0 Å². The van der Waals surface area contributed by atoms with E-state index >= 15 is 0 Å². The van der Waals surface area contributed by atoms with Crippen LogP contribution in [-0.2, 0) is 11.2 Å². The minimum Gasteiger partial charge on any atom is -0.480 e. The first-order valence-corrected chi connectivity index (χ1v) is 7.29. The topological polar surface area (TPSA) is 49.3 Å². The van der Waals surface area contributed by atoms with E-state index in [2.05, 4.69) is 12.2 Å². The van der Waals surface area contributed by atoms with Crippen molar-refractivity contribution in [1.82, 2.24) is 5.32 Å². The SMILES string of the molecule is CCc1ccccc1C(NC1CCCCC1)C(=O)O. The number of benzene rings is 1. The molecular weight excluding hydrogens is 238 g/mol. The molecule has 1 aromatic rings. The molecule has 0 saturated heterocycles. The van der Waals surface area contributed by atoms with Crippen LogP contribution in [0, 0.1) is 0 Å². The number of nitrogens with one attached hydrogen (secondary N) is 1. The van der Waals surface area contributed by atoms with Crippen LogP contribution in [-0.4, -0.2) is 17.1 Å². The lowest BCUT2D eigenvalue weighted by atomic mass is 9.92. The predicted molar refractivity (Wildman–Crippen MR) is 76.2 cm³/mol. The standard InChI is InChI=1S/C16H23NO2/c1-2-12-8-6-7-11-14(12)15(16(18)19)17-13-9-4-3-5-10-13/h6-8,11,13,15,17H,2-5,9-10H2,1H3,(H,18,19). The van der Waals surface area contributed by atoms with Crippen molar-refractivity contribution in [2.75, 3.05) is 0 Å². The molecule has 1 fully saturated rings. The quantitative estimate of drug-likeness (QED) is 0.855. The lowest BCUT2D eigenvalue weighted by Gasteiger charge is -2.27. The van der Waals surface area contributed by atoms with Crippen molar-refractivity contribution < 1.29 is 9.90 Å². The van der Waals surface area contributed by atoms with E-state index in [0.29, 0.717) is 6.04 Å². The zero-order valence-corrected chi connectivity index (χ0v) is 11.6. The van der Waals surface area contributed by atoms with Gasteiger partial charge in [-0.25, -0.2) is 0 Å². The van der Waals surface area contributed by atoms with Gasteiger partial charge in [0.15, 0.2) is 0 Å². The first kappa shape index (κ1) is 14.1. The van der Waals surface area contributed by atoms with Crippen LogP contribution in [0.4, 0.5) is 0 Å². The van der Waals surface area contributed by atoms with Crippen molar-refractivity contribution in [2.24, 2.45) is 0 Å². The van der Waals surface area contributed by atoms with E-state index in [1.165, 1.54) is 19.3 Å². The fourth-order valence-corrected chi connectivity index (χ4v) is 2.94.